The van der Waals surface area contributed by atoms with E-state index in [0.717, 1.165) is 12.8 Å². The fraction of sp³-hybridized carbons (Fsp3) is 0.778. The van der Waals surface area contributed by atoms with Gasteiger partial charge in [0.2, 0.25) is 10.0 Å². The first-order valence-corrected chi connectivity index (χ1v) is 6.22. The first kappa shape index (κ1) is 10.7. The fourth-order valence-corrected chi connectivity index (χ4v) is 3.45. The van der Waals surface area contributed by atoms with Crippen LogP contribution < -0.4 is 5.14 Å². The first-order chi connectivity index (χ1) is 5.96. The van der Waals surface area contributed by atoms with Gasteiger partial charge < -0.3 is 0 Å². The number of hydrogen-bond donors (Lipinski definition) is 1. The Hall–Kier alpha value is -0.350. The molecule has 0 aromatic rings. The lowest BCUT2D eigenvalue weighted by Gasteiger charge is -2.32. The molecule has 0 aliphatic heterocycles. The number of sulfonamides is 1. The molecule has 3 atom stereocenters. The first-order valence-electron chi connectivity index (χ1n) is 4.61. The van der Waals surface area contributed by atoms with Gasteiger partial charge in [0.05, 0.1) is 5.25 Å². The topological polar surface area (TPSA) is 60.2 Å². The molecular weight excluding hydrogens is 186 g/mol. The van der Waals surface area contributed by atoms with Crippen LogP contribution in [0.25, 0.3) is 0 Å². The van der Waals surface area contributed by atoms with Crippen LogP contribution in [0.15, 0.2) is 12.7 Å². The Balaban J connectivity index is 2.82. The molecule has 1 saturated carbocycles. The van der Waals surface area contributed by atoms with Gasteiger partial charge in [-0.15, -0.1) is 6.58 Å². The Morgan fingerprint density at radius 1 is 1.46 bits per heavy atom. The summed E-state index contributed by atoms with van der Waals surface area (Å²) in [4.78, 5) is 0. The van der Waals surface area contributed by atoms with Gasteiger partial charge in [0.1, 0.15) is 0 Å². The lowest BCUT2D eigenvalue weighted by Crippen LogP contribution is -2.39. The summed E-state index contributed by atoms with van der Waals surface area (Å²) in [6.45, 7) is 5.66. The van der Waals surface area contributed by atoms with Gasteiger partial charge >= 0.3 is 0 Å². The summed E-state index contributed by atoms with van der Waals surface area (Å²) in [7, 11) is -3.37. The lowest BCUT2D eigenvalue weighted by molar-refractivity contribution is 0.307. The second-order valence-electron chi connectivity index (χ2n) is 3.82. The highest BCUT2D eigenvalue weighted by molar-refractivity contribution is 7.89. The van der Waals surface area contributed by atoms with Gasteiger partial charge in [-0.25, -0.2) is 13.6 Å². The van der Waals surface area contributed by atoms with Crippen LogP contribution in [-0.4, -0.2) is 13.7 Å². The molecule has 0 amide bonds. The molecule has 1 fully saturated rings. The van der Waals surface area contributed by atoms with Gasteiger partial charge in [-0.05, 0) is 24.7 Å². The minimum Gasteiger partial charge on any atom is -0.228 e. The van der Waals surface area contributed by atoms with Crippen LogP contribution >= 0.6 is 0 Å². The zero-order valence-electron chi connectivity index (χ0n) is 7.94. The highest BCUT2D eigenvalue weighted by Crippen LogP contribution is 2.33. The van der Waals surface area contributed by atoms with E-state index >= 15 is 0 Å². The molecule has 0 bridgehead atoms. The molecule has 1 aliphatic carbocycles. The standard InChI is InChI=1S/C9H17NO2S/c1-3-8-5-4-6-9(7(8)2)13(10,11)12/h3,7-9H,1,4-6H2,2H3,(H2,10,11,12)/t7-,8+,9-/m1/s1. The zero-order valence-corrected chi connectivity index (χ0v) is 8.76. The quantitative estimate of drug-likeness (QED) is 0.687. The van der Waals surface area contributed by atoms with E-state index in [1.807, 2.05) is 13.0 Å². The van der Waals surface area contributed by atoms with E-state index in [4.69, 9.17) is 5.14 Å². The van der Waals surface area contributed by atoms with Crippen molar-refractivity contribution in [2.75, 3.05) is 0 Å². The molecule has 2 N–H and O–H groups in total. The summed E-state index contributed by atoms with van der Waals surface area (Å²) in [5.41, 5.74) is 0. The Kier molecular flexibility index (Phi) is 3.14. The van der Waals surface area contributed by atoms with Crippen molar-refractivity contribution >= 4 is 10.0 Å². The van der Waals surface area contributed by atoms with Gasteiger partial charge in [-0.3, -0.25) is 0 Å². The van der Waals surface area contributed by atoms with E-state index in [9.17, 15) is 8.42 Å². The number of allylic oxidation sites excluding steroid dienone is 1. The second kappa shape index (κ2) is 3.80. The summed E-state index contributed by atoms with van der Waals surface area (Å²) in [6, 6.07) is 0. The van der Waals surface area contributed by atoms with Crippen LogP contribution in [0.2, 0.25) is 0 Å². The smallest absolute Gasteiger partial charge is 0.212 e. The number of nitrogens with two attached hydrogens (primary N) is 1. The molecule has 4 heteroatoms. The molecule has 1 rings (SSSR count). The summed E-state index contributed by atoms with van der Waals surface area (Å²) in [6.07, 6.45) is 4.52. The Labute approximate surface area is 80.1 Å². The van der Waals surface area contributed by atoms with Crippen LogP contribution in [0.5, 0.6) is 0 Å². The molecule has 1 aliphatic rings. The van der Waals surface area contributed by atoms with Gasteiger partial charge in [0.15, 0.2) is 0 Å². The van der Waals surface area contributed by atoms with Crippen LogP contribution in [0.1, 0.15) is 26.2 Å². The maximum absolute atomic E-state index is 11.2. The van der Waals surface area contributed by atoms with Gasteiger partial charge in [-0.2, -0.15) is 0 Å². The van der Waals surface area contributed by atoms with E-state index in [1.54, 1.807) is 0 Å². The Bertz CT molecular complexity index is 284. The Morgan fingerprint density at radius 3 is 2.54 bits per heavy atom. The van der Waals surface area contributed by atoms with E-state index < -0.39 is 10.0 Å². The highest BCUT2D eigenvalue weighted by Gasteiger charge is 2.34. The summed E-state index contributed by atoms with van der Waals surface area (Å²) < 4.78 is 22.4. The largest absolute Gasteiger partial charge is 0.228 e. The summed E-state index contributed by atoms with van der Waals surface area (Å²) >= 11 is 0. The van der Waals surface area contributed by atoms with Gasteiger partial charge in [0.25, 0.3) is 0 Å². The molecule has 0 radical (unpaired) electrons. The molecule has 3 nitrogen and oxygen atoms in total. The maximum atomic E-state index is 11.2. The van der Waals surface area contributed by atoms with E-state index in [0.29, 0.717) is 12.3 Å². The van der Waals surface area contributed by atoms with E-state index in [2.05, 4.69) is 6.58 Å². The van der Waals surface area contributed by atoms with Crippen molar-refractivity contribution in [3.63, 3.8) is 0 Å². The van der Waals surface area contributed by atoms with Crippen LogP contribution in [-0.2, 0) is 10.0 Å². The van der Waals surface area contributed by atoms with Gasteiger partial charge in [0, 0.05) is 0 Å². The minimum absolute atomic E-state index is 0.112. The second-order valence-corrected chi connectivity index (χ2v) is 5.60. The van der Waals surface area contributed by atoms with Crippen molar-refractivity contribution in [1.82, 2.24) is 0 Å². The minimum atomic E-state index is -3.37. The average Bonchev–Trinajstić information content (AvgIpc) is 2.02. The van der Waals surface area contributed by atoms with Crippen LogP contribution in [0.3, 0.4) is 0 Å². The molecule has 0 spiro atoms. The molecular formula is C9H17NO2S. The van der Waals surface area contributed by atoms with Crippen molar-refractivity contribution in [2.45, 2.75) is 31.4 Å². The lowest BCUT2D eigenvalue weighted by atomic mass is 9.80. The average molecular weight is 203 g/mol. The monoisotopic (exact) mass is 203 g/mol. The van der Waals surface area contributed by atoms with Crippen molar-refractivity contribution in [2.24, 2.45) is 17.0 Å². The number of hydrogen-bond acceptors (Lipinski definition) is 2. The normalized spacial score (nSPS) is 35.7. The van der Waals surface area contributed by atoms with Crippen molar-refractivity contribution in [3.05, 3.63) is 12.7 Å². The number of rotatable bonds is 2. The van der Waals surface area contributed by atoms with Crippen molar-refractivity contribution in [3.8, 4) is 0 Å². The molecule has 76 valence electrons. The SMILES string of the molecule is C=C[C@H]1CCC[C@@H](S(N)(=O)=O)[C@@H]1C. The molecule has 0 aromatic heterocycles. The van der Waals surface area contributed by atoms with Crippen molar-refractivity contribution < 1.29 is 8.42 Å². The van der Waals surface area contributed by atoms with Crippen LogP contribution in [0.4, 0.5) is 0 Å². The molecule has 13 heavy (non-hydrogen) atoms. The Morgan fingerprint density at radius 2 is 2.08 bits per heavy atom. The van der Waals surface area contributed by atoms with E-state index in [-0.39, 0.29) is 11.2 Å². The summed E-state index contributed by atoms with van der Waals surface area (Å²) in [5, 5.41) is 4.78. The summed E-state index contributed by atoms with van der Waals surface area (Å²) in [5.74, 6) is 0.415. The van der Waals surface area contributed by atoms with Crippen molar-refractivity contribution in [1.29, 1.82) is 0 Å². The third-order valence-corrected chi connectivity index (χ3v) is 4.52. The molecule has 0 aromatic carbocycles. The molecule has 0 heterocycles. The zero-order chi connectivity index (χ0) is 10.1. The predicted molar refractivity (Wildman–Crippen MR) is 53.6 cm³/mol. The van der Waals surface area contributed by atoms with Crippen LogP contribution in [0, 0.1) is 11.8 Å². The van der Waals surface area contributed by atoms with Gasteiger partial charge in [-0.1, -0.05) is 19.4 Å². The van der Waals surface area contributed by atoms with E-state index in [1.165, 1.54) is 0 Å². The maximum Gasteiger partial charge on any atom is 0.212 e. The number of primary sulfonamides is 1. The fourth-order valence-electron chi connectivity index (χ4n) is 2.15. The third-order valence-electron chi connectivity index (χ3n) is 3.01. The molecule has 0 unspecified atom stereocenters. The third kappa shape index (κ3) is 2.31. The highest BCUT2D eigenvalue weighted by atomic mass is 32.2. The molecule has 0 saturated heterocycles. The predicted octanol–water partition coefficient (Wildman–Crippen LogP) is 1.27.